The second-order valence-electron chi connectivity index (χ2n) is 4.87. The predicted molar refractivity (Wildman–Crippen MR) is 63.3 cm³/mol. The fraction of sp³-hybridized carbons (Fsp3) is 0.500. The molecule has 1 aliphatic rings. The number of anilines is 1. The molecule has 0 atom stereocenters. The predicted octanol–water partition coefficient (Wildman–Crippen LogP) is 2.36. The van der Waals surface area contributed by atoms with E-state index < -0.39 is 11.7 Å². The maximum atomic E-state index is 11.6. The number of rotatable bonds is 1. The second-order valence-corrected chi connectivity index (χ2v) is 4.87. The summed E-state index contributed by atoms with van der Waals surface area (Å²) in [6, 6.07) is 1.75. The smallest absolute Gasteiger partial charge is 0.412 e. The van der Waals surface area contributed by atoms with Crippen LogP contribution in [0.4, 0.5) is 10.5 Å². The number of aromatic nitrogens is 1. The van der Waals surface area contributed by atoms with Gasteiger partial charge in [0, 0.05) is 18.2 Å². The Bertz CT molecular complexity index is 438. The topological polar surface area (TPSA) is 60.5 Å². The number of ether oxygens (including phenoxy) is 2. The first-order valence-electron chi connectivity index (χ1n) is 5.56. The Morgan fingerprint density at radius 1 is 1.53 bits per heavy atom. The average Bonchev–Trinajstić information content (AvgIpc) is 2.63. The van der Waals surface area contributed by atoms with E-state index in [0.29, 0.717) is 18.2 Å². The van der Waals surface area contributed by atoms with Gasteiger partial charge < -0.3 is 9.47 Å². The van der Waals surface area contributed by atoms with Crippen molar-refractivity contribution >= 4 is 11.8 Å². The summed E-state index contributed by atoms with van der Waals surface area (Å²) in [6.07, 6.45) is 1.91. The van der Waals surface area contributed by atoms with Crippen LogP contribution in [0, 0.1) is 0 Å². The molecule has 0 unspecified atom stereocenters. The van der Waals surface area contributed by atoms with Crippen LogP contribution in [0.3, 0.4) is 0 Å². The van der Waals surface area contributed by atoms with Gasteiger partial charge in [-0.15, -0.1) is 0 Å². The minimum atomic E-state index is -0.503. The molecule has 5 nitrogen and oxygen atoms in total. The third-order valence-electron chi connectivity index (χ3n) is 2.24. The Kier molecular flexibility index (Phi) is 2.92. The lowest BCUT2D eigenvalue weighted by Crippen LogP contribution is -2.27. The molecule has 0 saturated carbocycles. The van der Waals surface area contributed by atoms with Gasteiger partial charge >= 0.3 is 6.09 Å². The van der Waals surface area contributed by atoms with E-state index in [1.54, 1.807) is 12.3 Å². The Labute approximate surface area is 100 Å². The molecule has 17 heavy (non-hydrogen) atoms. The Hall–Kier alpha value is -1.78. The normalized spacial score (nSPS) is 13.8. The molecule has 5 heteroatoms. The highest BCUT2D eigenvalue weighted by Crippen LogP contribution is 2.29. The average molecular weight is 236 g/mol. The van der Waals surface area contributed by atoms with Crippen molar-refractivity contribution in [2.75, 3.05) is 11.9 Å². The van der Waals surface area contributed by atoms with Crippen LogP contribution in [0.15, 0.2) is 12.3 Å². The summed E-state index contributed by atoms with van der Waals surface area (Å²) in [4.78, 5) is 15.7. The molecule has 2 heterocycles. The zero-order valence-electron chi connectivity index (χ0n) is 10.2. The molecule has 0 saturated heterocycles. The molecule has 1 N–H and O–H groups in total. The standard InChI is InChI=1S/C12H16N2O3/c1-12(2,3)17-11(15)14-9-4-6-13-10-8(9)5-7-16-10/h4,6H,5,7H2,1-3H3,(H,13,14,15). The van der Waals surface area contributed by atoms with Crippen LogP contribution in [0.2, 0.25) is 0 Å². The van der Waals surface area contributed by atoms with Gasteiger partial charge in [-0.05, 0) is 26.8 Å². The molecule has 92 valence electrons. The molecule has 0 aromatic carbocycles. The Morgan fingerprint density at radius 3 is 3.00 bits per heavy atom. The highest BCUT2D eigenvalue weighted by atomic mass is 16.6. The van der Waals surface area contributed by atoms with Crippen molar-refractivity contribution in [3.8, 4) is 5.88 Å². The monoisotopic (exact) mass is 236 g/mol. The summed E-state index contributed by atoms with van der Waals surface area (Å²) < 4.78 is 10.5. The van der Waals surface area contributed by atoms with Crippen molar-refractivity contribution < 1.29 is 14.3 Å². The van der Waals surface area contributed by atoms with Crippen LogP contribution in [0.25, 0.3) is 0 Å². The first kappa shape index (κ1) is 11.7. The number of hydrogen-bond donors (Lipinski definition) is 1. The number of carbonyl (C=O) groups is 1. The Balaban J connectivity index is 2.10. The van der Waals surface area contributed by atoms with E-state index in [1.165, 1.54) is 0 Å². The maximum Gasteiger partial charge on any atom is 0.412 e. The number of amides is 1. The van der Waals surface area contributed by atoms with E-state index in [2.05, 4.69) is 10.3 Å². The van der Waals surface area contributed by atoms with Crippen LogP contribution in [-0.2, 0) is 11.2 Å². The van der Waals surface area contributed by atoms with E-state index in [1.807, 2.05) is 20.8 Å². The van der Waals surface area contributed by atoms with Crippen LogP contribution in [0.5, 0.6) is 5.88 Å². The van der Waals surface area contributed by atoms with Gasteiger partial charge in [-0.3, -0.25) is 5.32 Å². The molecule has 0 radical (unpaired) electrons. The van der Waals surface area contributed by atoms with Crippen molar-refractivity contribution in [2.45, 2.75) is 32.8 Å². The van der Waals surface area contributed by atoms with Crippen molar-refractivity contribution in [3.05, 3.63) is 17.8 Å². The van der Waals surface area contributed by atoms with Crippen LogP contribution < -0.4 is 10.1 Å². The summed E-state index contributed by atoms with van der Waals surface area (Å²) in [5, 5.41) is 2.72. The number of nitrogens with zero attached hydrogens (tertiary/aromatic N) is 1. The minimum Gasteiger partial charge on any atom is -0.477 e. The summed E-state index contributed by atoms with van der Waals surface area (Å²) >= 11 is 0. The summed E-state index contributed by atoms with van der Waals surface area (Å²) in [7, 11) is 0. The highest BCUT2D eigenvalue weighted by Gasteiger charge is 2.21. The molecule has 1 aromatic rings. The van der Waals surface area contributed by atoms with Gasteiger partial charge in [0.25, 0.3) is 0 Å². The van der Waals surface area contributed by atoms with E-state index >= 15 is 0 Å². The lowest BCUT2D eigenvalue weighted by molar-refractivity contribution is 0.0636. The zero-order chi connectivity index (χ0) is 12.5. The second kappa shape index (κ2) is 4.24. The third-order valence-corrected chi connectivity index (χ3v) is 2.24. The van der Waals surface area contributed by atoms with Crippen LogP contribution in [0.1, 0.15) is 26.3 Å². The lowest BCUT2D eigenvalue weighted by atomic mass is 10.2. The lowest BCUT2D eigenvalue weighted by Gasteiger charge is -2.20. The van der Waals surface area contributed by atoms with E-state index in [-0.39, 0.29) is 0 Å². The van der Waals surface area contributed by atoms with Crippen LogP contribution in [-0.4, -0.2) is 23.3 Å². The van der Waals surface area contributed by atoms with Crippen molar-refractivity contribution in [1.82, 2.24) is 4.98 Å². The fourth-order valence-electron chi connectivity index (χ4n) is 1.62. The van der Waals surface area contributed by atoms with Crippen molar-refractivity contribution in [2.24, 2.45) is 0 Å². The number of pyridine rings is 1. The highest BCUT2D eigenvalue weighted by molar-refractivity contribution is 5.86. The van der Waals surface area contributed by atoms with Gasteiger partial charge in [0.2, 0.25) is 5.88 Å². The summed E-state index contributed by atoms with van der Waals surface area (Å²) in [5.41, 5.74) is 1.14. The summed E-state index contributed by atoms with van der Waals surface area (Å²) in [6.45, 7) is 6.08. The molecule has 0 fully saturated rings. The molecule has 1 aliphatic heterocycles. The summed E-state index contributed by atoms with van der Waals surface area (Å²) in [5.74, 6) is 0.596. The number of nitrogens with one attached hydrogen (secondary N) is 1. The van der Waals surface area contributed by atoms with Gasteiger partial charge in [-0.2, -0.15) is 0 Å². The quantitative estimate of drug-likeness (QED) is 0.813. The van der Waals surface area contributed by atoms with Gasteiger partial charge in [-0.25, -0.2) is 9.78 Å². The maximum absolute atomic E-state index is 11.6. The molecular weight excluding hydrogens is 220 g/mol. The van der Waals surface area contributed by atoms with Crippen molar-refractivity contribution in [3.63, 3.8) is 0 Å². The van der Waals surface area contributed by atoms with Crippen LogP contribution >= 0.6 is 0 Å². The molecule has 2 rings (SSSR count). The molecule has 0 aliphatic carbocycles. The fourth-order valence-corrected chi connectivity index (χ4v) is 1.62. The molecule has 0 spiro atoms. The first-order valence-corrected chi connectivity index (χ1v) is 5.56. The first-order chi connectivity index (χ1) is 7.96. The molecular formula is C12H16N2O3. The van der Waals surface area contributed by atoms with Gasteiger partial charge in [0.15, 0.2) is 0 Å². The number of fused-ring (bicyclic) bond motifs is 1. The Morgan fingerprint density at radius 2 is 2.29 bits per heavy atom. The number of hydrogen-bond acceptors (Lipinski definition) is 4. The largest absolute Gasteiger partial charge is 0.477 e. The van der Waals surface area contributed by atoms with Gasteiger partial charge in [0.05, 0.1) is 12.3 Å². The molecule has 1 aromatic heterocycles. The van der Waals surface area contributed by atoms with Gasteiger partial charge in [-0.1, -0.05) is 0 Å². The molecule has 1 amide bonds. The number of carbonyl (C=O) groups excluding carboxylic acids is 1. The minimum absolute atomic E-state index is 0.460. The van der Waals surface area contributed by atoms with Gasteiger partial charge in [0.1, 0.15) is 5.60 Å². The SMILES string of the molecule is CC(C)(C)OC(=O)Nc1ccnc2c1CCO2. The van der Waals surface area contributed by atoms with E-state index in [4.69, 9.17) is 9.47 Å². The van der Waals surface area contributed by atoms with Crippen molar-refractivity contribution in [1.29, 1.82) is 0 Å². The van der Waals surface area contributed by atoms with E-state index in [9.17, 15) is 4.79 Å². The van der Waals surface area contributed by atoms with E-state index in [0.717, 1.165) is 12.0 Å². The third kappa shape index (κ3) is 2.87. The zero-order valence-corrected chi connectivity index (χ0v) is 10.2. The molecule has 0 bridgehead atoms.